The van der Waals surface area contributed by atoms with Crippen LogP contribution < -0.4 is 5.73 Å². The molecule has 5 heteroatoms. The van der Waals surface area contributed by atoms with Crippen LogP contribution in [0.15, 0.2) is 18.2 Å². The maximum Gasteiger partial charge on any atom is 0.253 e. The summed E-state index contributed by atoms with van der Waals surface area (Å²) >= 11 is 6.13. The van der Waals surface area contributed by atoms with E-state index >= 15 is 0 Å². The van der Waals surface area contributed by atoms with Gasteiger partial charge in [-0.05, 0) is 37.0 Å². The van der Waals surface area contributed by atoms with Gasteiger partial charge in [0, 0.05) is 24.7 Å². The van der Waals surface area contributed by atoms with Gasteiger partial charge in [-0.1, -0.05) is 23.4 Å². The first kappa shape index (κ1) is 15.8. The van der Waals surface area contributed by atoms with Crippen molar-refractivity contribution in [3.05, 3.63) is 34.3 Å². The average Bonchev–Trinajstić information content (AvgIpc) is 2.43. The lowest BCUT2D eigenvalue weighted by atomic mass is 9.82. The van der Waals surface area contributed by atoms with E-state index in [0.717, 1.165) is 12.8 Å². The minimum atomic E-state index is -0.201. The van der Waals surface area contributed by atoms with Crippen LogP contribution in [0.25, 0.3) is 0 Å². The fraction of sp³-hybridized carbons (Fsp3) is 0.438. The molecule has 1 aromatic carbocycles. The van der Waals surface area contributed by atoms with E-state index in [4.69, 9.17) is 17.3 Å². The van der Waals surface area contributed by atoms with Gasteiger partial charge in [-0.2, -0.15) is 0 Å². The van der Waals surface area contributed by atoms with Crippen LogP contribution in [0.1, 0.15) is 28.8 Å². The molecule has 1 aromatic rings. The third-order valence-corrected chi connectivity index (χ3v) is 3.94. The second kappa shape index (κ2) is 6.95. The zero-order chi connectivity index (χ0) is 15.4. The first-order valence-electron chi connectivity index (χ1n) is 6.93. The molecule has 0 spiro atoms. The summed E-state index contributed by atoms with van der Waals surface area (Å²) < 4.78 is 0. The molecule has 0 atom stereocenters. The number of carbonyl (C=O) groups is 1. The Morgan fingerprint density at radius 2 is 2.24 bits per heavy atom. The zero-order valence-corrected chi connectivity index (χ0v) is 12.7. The molecule has 0 heterocycles. The Hall–Kier alpha value is -1.54. The van der Waals surface area contributed by atoms with Gasteiger partial charge in [0.15, 0.2) is 0 Å². The number of carbonyl (C=O) groups excluding carboxylic acids is 1. The van der Waals surface area contributed by atoms with Gasteiger partial charge >= 0.3 is 0 Å². The van der Waals surface area contributed by atoms with Crippen LogP contribution in [0, 0.1) is 17.8 Å². The Balaban J connectivity index is 2.03. The topological polar surface area (TPSA) is 66.6 Å². The van der Waals surface area contributed by atoms with Gasteiger partial charge in [-0.3, -0.25) is 4.79 Å². The van der Waals surface area contributed by atoms with E-state index in [9.17, 15) is 9.90 Å². The van der Waals surface area contributed by atoms with Crippen molar-refractivity contribution in [2.24, 2.45) is 11.7 Å². The van der Waals surface area contributed by atoms with Gasteiger partial charge in [-0.15, -0.1) is 0 Å². The molecule has 21 heavy (non-hydrogen) atoms. The Bertz CT molecular complexity index is 586. The molecular weight excluding hydrogens is 288 g/mol. The standard InChI is InChI=1S/C16H19ClN2O2/c1-19(10-11-7-14(20)8-11)16(21)13-5-4-12(3-2-6-18)15(17)9-13/h4-5,9,11,14,20H,6-8,10,18H2,1H3. The van der Waals surface area contributed by atoms with E-state index in [0.29, 0.717) is 28.6 Å². The average molecular weight is 307 g/mol. The minimum Gasteiger partial charge on any atom is -0.393 e. The number of hydrogen-bond acceptors (Lipinski definition) is 3. The van der Waals surface area contributed by atoms with Crippen molar-refractivity contribution >= 4 is 17.5 Å². The Morgan fingerprint density at radius 1 is 1.52 bits per heavy atom. The molecule has 0 aromatic heterocycles. The molecule has 2 rings (SSSR count). The highest BCUT2D eigenvalue weighted by Gasteiger charge is 2.29. The van der Waals surface area contributed by atoms with Crippen LogP contribution in [0.2, 0.25) is 5.02 Å². The highest BCUT2D eigenvalue weighted by atomic mass is 35.5. The summed E-state index contributed by atoms with van der Waals surface area (Å²) in [7, 11) is 1.77. The van der Waals surface area contributed by atoms with Crippen LogP contribution >= 0.6 is 11.6 Å². The van der Waals surface area contributed by atoms with Crippen LogP contribution in [-0.2, 0) is 0 Å². The Morgan fingerprint density at radius 3 is 2.81 bits per heavy atom. The third kappa shape index (κ3) is 3.98. The zero-order valence-electron chi connectivity index (χ0n) is 12.0. The van der Waals surface area contributed by atoms with E-state index in [1.807, 2.05) is 0 Å². The fourth-order valence-corrected chi connectivity index (χ4v) is 2.66. The van der Waals surface area contributed by atoms with Crippen molar-refractivity contribution in [1.82, 2.24) is 4.90 Å². The van der Waals surface area contributed by atoms with E-state index in [2.05, 4.69) is 11.8 Å². The largest absolute Gasteiger partial charge is 0.393 e. The van der Waals surface area contributed by atoms with Gasteiger partial charge in [0.25, 0.3) is 5.91 Å². The van der Waals surface area contributed by atoms with Crippen molar-refractivity contribution in [3.8, 4) is 11.8 Å². The third-order valence-electron chi connectivity index (χ3n) is 3.63. The lowest BCUT2D eigenvalue weighted by Crippen LogP contribution is -2.39. The molecular formula is C16H19ClN2O2. The SMILES string of the molecule is CN(CC1CC(O)C1)C(=O)c1ccc(C#CCN)c(Cl)c1. The molecule has 4 nitrogen and oxygen atoms in total. The predicted molar refractivity (Wildman–Crippen MR) is 83.1 cm³/mol. The Labute approximate surface area is 129 Å². The maximum atomic E-state index is 12.3. The molecule has 1 amide bonds. The second-order valence-electron chi connectivity index (χ2n) is 5.38. The molecule has 3 N–H and O–H groups in total. The lowest BCUT2D eigenvalue weighted by Gasteiger charge is -2.34. The number of aliphatic hydroxyl groups is 1. The highest BCUT2D eigenvalue weighted by Crippen LogP contribution is 2.28. The molecule has 0 aliphatic heterocycles. The van der Waals surface area contributed by atoms with Crippen molar-refractivity contribution < 1.29 is 9.90 Å². The number of halogens is 1. The summed E-state index contributed by atoms with van der Waals surface area (Å²) in [4.78, 5) is 14.0. The molecule has 1 aliphatic rings. The number of hydrogen-bond donors (Lipinski definition) is 2. The summed E-state index contributed by atoms with van der Waals surface area (Å²) in [5, 5.41) is 9.74. The van der Waals surface area contributed by atoms with E-state index < -0.39 is 0 Å². The summed E-state index contributed by atoms with van der Waals surface area (Å²) in [6.07, 6.45) is 1.34. The van der Waals surface area contributed by atoms with Gasteiger partial charge in [0.2, 0.25) is 0 Å². The molecule has 0 radical (unpaired) electrons. The molecule has 0 saturated heterocycles. The molecule has 1 aliphatic carbocycles. The fourth-order valence-electron chi connectivity index (χ4n) is 2.44. The molecule has 1 saturated carbocycles. The van der Waals surface area contributed by atoms with Gasteiger partial charge in [0.1, 0.15) is 0 Å². The van der Waals surface area contributed by atoms with Crippen molar-refractivity contribution in [2.45, 2.75) is 18.9 Å². The molecule has 112 valence electrons. The van der Waals surface area contributed by atoms with E-state index in [1.165, 1.54) is 0 Å². The van der Waals surface area contributed by atoms with Crippen molar-refractivity contribution in [2.75, 3.05) is 20.1 Å². The maximum absolute atomic E-state index is 12.3. The molecule has 0 unspecified atom stereocenters. The molecule has 1 fully saturated rings. The first-order chi connectivity index (χ1) is 10.0. The highest BCUT2D eigenvalue weighted by molar-refractivity contribution is 6.32. The van der Waals surface area contributed by atoms with Crippen LogP contribution in [-0.4, -0.2) is 42.2 Å². The monoisotopic (exact) mass is 306 g/mol. The van der Waals surface area contributed by atoms with E-state index in [-0.39, 0.29) is 18.6 Å². The second-order valence-corrected chi connectivity index (χ2v) is 5.78. The van der Waals surface area contributed by atoms with Crippen LogP contribution in [0.5, 0.6) is 0 Å². The van der Waals surface area contributed by atoms with Crippen LogP contribution in [0.3, 0.4) is 0 Å². The summed E-state index contributed by atoms with van der Waals surface area (Å²) in [5.41, 5.74) is 6.54. The first-order valence-corrected chi connectivity index (χ1v) is 7.31. The van der Waals surface area contributed by atoms with Gasteiger partial charge in [0.05, 0.1) is 17.7 Å². The summed E-state index contributed by atoms with van der Waals surface area (Å²) in [6, 6.07) is 5.09. The van der Waals surface area contributed by atoms with E-state index in [1.54, 1.807) is 30.1 Å². The Kier molecular flexibility index (Phi) is 5.24. The number of nitrogens with zero attached hydrogens (tertiary/aromatic N) is 1. The van der Waals surface area contributed by atoms with Gasteiger partial charge in [-0.25, -0.2) is 0 Å². The smallest absolute Gasteiger partial charge is 0.253 e. The summed E-state index contributed by atoms with van der Waals surface area (Å²) in [6.45, 7) is 0.926. The lowest BCUT2D eigenvalue weighted by molar-refractivity contribution is 0.0265. The molecule has 0 bridgehead atoms. The quantitative estimate of drug-likeness (QED) is 0.832. The van der Waals surface area contributed by atoms with Crippen LogP contribution in [0.4, 0.5) is 0 Å². The number of amides is 1. The number of nitrogens with two attached hydrogens (primary N) is 1. The van der Waals surface area contributed by atoms with Gasteiger partial charge < -0.3 is 15.7 Å². The normalized spacial score (nSPS) is 20.2. The number of aliphatic hydroxyl groups excluding tert-OH is 1. The number of rotatable bonds is 3. The predicted octanol–water partition coefficient (Wildman–Crippen LogP) is 1.49. The number of benzene rings is 1. The minimum absolute atomic E-state index is 0.0726. The van der Waals surface area contributed by atoms with Crippen molar-refractivity contribution in [1.29, 1.82) is 0 Å². The summed E-state index contributed by atoms with van der Waals surface area (Å²) in [5.74, 6) is 5.92. The van der Waals surface area contributed by atoms with Crippen molar-refractivity contribution in [3.63, 3.8) is 0 Å².